The van der Waals surface area contributed by atoms with Gasteiger partial charge in [-0.3, -0.25) is 28.7 Å². The van der Waals surface area contributed by atoms with Crippen molar-refractivity contribution in [2.45, 2.75) is 70.2 Å². The number of aromatic hydroxyl groups is 1. The van der Waals surface area contributed by atoms with Crippen molar-refractivity contribution in [3.05, 3.63) is 114 Å². The quantitative estimate of drug-likeness (QED) is 0.0262. The van der Waals surface area contributed by atoms with Crippen LogP contribution in [-0.2, 0) is 47.5 Å². The minimum absolute atomic E-state index is 0.0166. The first-order valence-corrected chi connectivity index (χ1v) is 21.4. The number of phenols is 1. The molecule has 1 unspecified atom stereocenters. The van der Waals surface area contributed by atoms with E-state index in [1.807, 2.05) is 72.8 Å². The van der Waals surface area contributed by atoms with E-state index in [0.717, 1.165) is 21.9 Å². The summed E-state index contributed by atoms with van der Waals surface area (Å²) in [4.78, 5) is 58.2. The van der Waals surface area contributed by atoms with Crippen LogP contribution in [0.2, 0.25) is 0 Å². The minimum Gasteiger partial charge on any atom is -0.508 e. The Kier molecular flexibility index (Phi) is 17.3. The van der Waals surface area contributed by atoms with E-state index in [0.29, 0.717) is 24.9 Å². The second kappa shape index (κ2) is 22.3. The molecular weight excluding hydrogens is 757 g/mol. The van der Waals surface area contributed by atoms with Crippen LogP contribution in [0.4, 0.5) is 0 Å². The molecule has 4 rings (SSSR count). The van der Waals surface area contributed by atoms with Gasteiger partial charge >= 0.3 is 0 Å². The predicted molar refractivity (Wildman–Crippen MR) is 227 cm³/mol. The molecule has 15 heteroatoms. The number of fused-ring (bicyclic) bond motifs is 1. The van der Waals surface area contributed by atoms with Crippen LogP contribution in [0.1, 0.15) is 49.8 Å². The Hall–Kier alpha value is -5.72. The lowest BCUT2D eigenvalue weighted by Gasteiger charge is -2.32. The number of nitrogens with zero attached hydrogens (tertiary/aromatic N) is 1. The predicted octanol–water partition coefficient (Wildman–Crippen LogP) is 4.13. The Balaban J connectivity index is 1.67. The third kappa shape index (κ3) is 14.0. The zero-order chi connectivity index (χ0) is 42.1. The summed E-state index contributed by atoms with van der Waals surface area (Å²) >= 11 is 0. The molecule has 0 spiro atoms. The second-order valence-corrected chi connectivity index (χ2v) is 16.9. The molecule has 310 valence electrons. The summed E-state index contributed by atoms with van der Waals surface area (Å²) < 4.78 is 21.5. The van der Waals surface area contributed by atoms with Crippen LogP contribution in [0.15, 0.2) is 102 Å². The third-order valence-corrected chi connectivity index (χ3v) is 12.6. The van der Waals surface area contributed by atoms with Gasteiger partial charge in [-0.2, -0.15) is 0 Å². The minimum atomic E-state index is -3.97. The number of amides is 4. The molecule has 0 aliphatic carbocycles. The molecule has 0 bridgehead atoms. The van der Waals surface area contributed by atoms with Crippen LogP contribution in [-0.4, -0.2) is 78.9 Å². The Morgan fingerprint density at radius 2 is 1.36 bits per heavy atom. The van der Waals surface area contributed by atoms with E-state index in [9.17, 15) is 24.3 Å². The maximum absolute atomic E-state index is 15.4. The van der Waals surface area contributed by atoms with Crippen molar-refractivity contribution in [2.75, 3.05) is 26.4 Å². The van der Waals surface area contributed by atoms with Crippen LogP contribution in [0, 0.1) is 5.92 Å². The number of guanidine groups is 1. The standard InChI is InChI=1S/C43H56N7O7P/c1-4-57-58(56,39(27-30-12-6-5-7-13-30)50-42(55)38(48-29(2)51)25-31-18-21-36(52)22-19-31)28-35(16-10-11-23-47-43(44)45)40(53)49-37(41(54)46-3)26-32-17-20-33-14-8-9-15-34(33)24-32/h5-9,12-15,17-22,24,35,37-39,52H,4,10-11,16,23,25-28H2,1-3H3,(H,46,54)(H,48,51)(H,49,53)(H,50,55)(H4,44,45,47)/t35-,37+,38+,39+,58?/m1/s1. The van der Waals surface area contributed by atoms with E-state index in [4.69, 9.17) is 16.0 Å². The molecule has 4 amide bonds. The largest absolute Gasteiger partial charge is 0.508 e. The molecule has 4 aromatic carbocycles. The van der Waals surface area contributed by atoms with Crippen molar-refractivity contribution >= 4 is 47.7 Å². The first-order chi connectivity index (χ1) is 27.8. The number of aliphatic imine (C=N–C) groups is 1. The van der Waals surface area contributed by atoms with Crippen molar-refractivity contribution in [3.63, 3.8) is 0 Å². The number of phenolic OH excluding ortho intramolecular Hbond substituents is 1. The number of carbonyl (C=O) groups is 4. The number of nitrogens with one attached hydrogen (secondary N) is 4. The second-order valence-electron chi connectivity index (χ2n) is 14.2. The molecule has 0 saturated carbocycles. The Morgan fingerprint density at radius 3 is 2.02 bits per heavy atom. The summed E-state index contributed by atoms with van der Waals surface area (Å²) in [6.07, 6.45) is 1.38. The molecule has 0 aromatic heterocycles. The van der Waals surface area contributed by atoms with Crippen LogP contribution in [0.3, 0.4) is 0 Å². The van der Waals surface area contributed by atoms with Gasteiger partial charge in [0.15, 0.2) is 5.96 Å². The molecule has 9 N–H and O–H groups in total. The SMILES string of the molecule is CCOP(=O)(C[C@@H](CCCCN=C(N)N)C(=O)N[C@@H](Cc1ccc2ccccc2c1)C(=O)NC)[C@@H](Cc1ccccc1)NC(=O)[C@H](Cc1ccc(O)cc1)NC(C)=O. The lowest BCUT2D eigenvalue weighted by Crippen LogP contribution is -2.51. The van der Waals surface area contributed by atoms with Crippen molar-refractivity contribution in [2.24, 2.45) is 22.4 Å². The van der Waals surface area contributed by atoms with Crippen molar-refractivity contribution in [1.82, 2.24) is 21.3 Å². The fourth-order valence-electron chi connectivity index (χ4n) is 6.80. The molecule has 0 heterocycles. The highest BCUT2D eigenvalue weighted by Gasteiger charge is 2.41. The van der Waals surface area contributed by atoms with Gasteiger partial charge in [-0.15, -0.1) is 0 Å². The topological polar surface area (TPSA) is 227 Å². The number of likely N-dealkylation sites (N-methyl/N-ethyl adjacent to an activating group) is 1. The molecule has 0 aliphatic heterocycles. The van der Waals surface area contributed by atoms with Crippen LogP contribution in [0.5, 0.6) is 5.75 Å². The normalized spacial score (nSPS) is 14.2. The van der Waals surface area contributed by atoms with E-state index < -0.39 is 54.8 Å². The highest BCUT2D eigenvalue weighted by atomic mass is 31.2. The van der Waals surface area contributed by atoms with Gasteiger partial charge in [0.1, 0.15) is 23.6 Å². The summed E-state index contributed by atoms with van der Waals surface area (Å²) in [6.45, 7) is 3.32. The van der Waals surface area contributed by atoms with Gasteiger partial charge in [0.25, 0.3) is 0 Å². The van der Waals surface area contributed by atoms with Gasteiger partial charge in [-0.05, 0) is 59.4 Å². The summed E-state index contributed by atoms with van der Waals surface area (Å²) in [5.41, 5.74) is 13.3. The third-order valence-electron chi connectivity index (χ3n) is 9.71. The first kappa shape index (κ1) is 45.0. The Labute approximate surface area is 340 Å². The van der Waals surface area contributed by atoms with Crippen molar-refractivity contribution < 1.29 is 33.4 Å². The smallest absolute Gasteiger partial charge is 0.243 e. The summed E-state index contributed by atoms with van der Waals surface area (Å²) in [7, 11) is -2.47. The Morgan fingerprint density at radius 1 is 0.741 bits per heavy atom. The maximum atomic E-state index is 15.4. The molecule has 14 nitrogen and oxygen atoms in total. The van der Waals surface area contributed by atoms with Gasteiger partial charge in [0.05, 0.1) is 6.61 Å². The molecule has 0 aliphatic rings. The summed E-state index contributed by atoms with van der Waals surface area (Å²) in [5, 5.41) is 23.1. The van der Waals surface area contributed by atoms with E-state index >= 15 is 4.57 Å². The lowest BCUT2D eigenvalue weighted by molar-refractivity contribution is -0.130. The average Bonchev–Trinajstić information content (AvgIpc) is 3.20. The zero-order valence-corrected chi connectivity index (χ0v) is 34.3. The number of unbranched alkanes of at least 4 members (excludes halogenated alkanes) is 1. The summed E-state index contributed by atoms with van der Waals surface area (Å²) in [5.74, 6) is -3.97. The molecule has 58 heavy (non-hydrogen) atoms. The number of hydrogen-bond acceptors (Lipinski definition) is 8. The number of hydrogen-bond donors (Lipinski definition) is 7. The Bertz CT molecular complexity index is 2060. The van der Waals surface area contributed by atoms with Crippen molar-refractivity contribution in [3.8, 4) is 5.75 Å². The van der Waals surface area contributed by atoms with E-state index in [1.54, 1.807) is 19.1 Å². The van der Waals surface area contributed by atoms with Crippen LogP contribution < -0.4 is 32.7 Å². The van der Waals surface area contributed by atoms with Gasteiger partial charge in [-0.1, -0.05) is 91.3 Å². The maximum Gasteiger partial charge on any atom is 0.243 e. The monoisotopic (exact) mass is 813 g/mol. The fourth-order valence-corrected chi connectivity index (χ4v) is 9.55. The highest BCUT2D eigenvalue weighted by molar-refractivity contribution is 7.59. The van der Waals surface area contributed by atoms with Gasteiger partial charge < -0.3 is 42.4 Å². The highest BCUT2D eigenvalue weighted by Crippen LogP contribution is 2.54. The fraction of sp³-hybridized carbons (Fsp3) is 0.372. The average molecular weight is 814 g/mol. The number of carbonyl (C=O) groups excluding carboxylic acids is 4. The van der Waals surface area contributed by atoms with E-state index in [2.05, 4.69) is 26.3 Å². The van der Waals surface area contributed by atoms with Gasteiger partial charge in [0, 0.05) is 51.9 Å². The molecule has 5 atom stereocenters. The lowest BCUT2D eigenvalue weighted by atomic mass is 9.99. The number of benzene rings is 4. The zero-order valence-electron chi connectivity index (χ0n) is 33.4. The molecule has 0 radical (unpaired) electrons. The van der Waals surface area contributed by atoms with E-state index in [-0.39, 0.29) is 50.2 Å². The first-order valence-electron chi connectivity index (χ1n) is 19.5. The van der Waals surface area contributed by atoms with Gasteiger partial charge in [0.2, 0.25) is 31.0 Å². The molecule has 4 aromatic rings. The number of nitrogens with two attached hydrogens (primary N) is 2. The summed E-state index contributed by atoms with van der Waals surface area (Å²) in [6, 6.07) is 27.1. The van der Waals surface area contributed by atoms with Crippen molar-refractivity contribution in [1.29, 1.82) is 0 Å². The van der Waals surface area contributed by atoms with Crippen LogP contribution in [0.25, 0.3) is 10.8 Å². The van der Waals surface area contributed by atoms with Gasteiger partial charge in [-0.25, -0.2) is 0 Å². The van der Waals surface area contributed by atoms with E-state index in [1.165, 1.54) is 26.1 Å². The molecular formula is C43H56N7O7P. The molecule has 0 saturated heterocycles. The number of rotatable bonds is 22. The van der Waals surface area contributed by atoms with Crippen LogP contribution >= 0.6 is 7.37 Å². The molecule has 0 fully saturated rings.